The standard InChI is InChI=1S/C13H24Br2S/c1-2-16-9-5-8-13(10-14,11-15)12-6-3-4-7-12/h12H,2-11H2,1H3. The molecule has 1 aliphatic rings. The third kappa shape index (κ3) is 4.20. The largest absolute Gasteiger partial charge is 0.162 e. The average molecular weight is 372 g/mol. The molecule has 0 unspecified atom stereocenters. The highest BCUT2D eigenvalue weighted by Gasteiger charge is 2.37. The highest BCUT2D eigenvalue weighted by atomic mass is 79.9. The molecule has 1 rings (SSSR count). The molecule has 0 aromatic rings. The maximum atomic E-state index is 3.78. The van der Waals surface area contributed by atoms with Crippen molar-refractivity contribution in [3.8, 4) is 0 Å². The summed E-state index contributed by atoms with van der Waals surface area (Å²) in [4.78, 5) is 0. The summed E-state index contributed by atoms with van der Waals surface area (Å²) in [5, 5.41) is 2.35. The second kappa shape index (κ2) is 8.42. The quantitative estimate of drug-likeness (QED) is 0.401. The van der Waals surface area contributed by atoms with Crippen molar-refractivity contribution in [1.82, 2.24) is 0 Å². The maximum absolute atomic E-state index is 3.78. The topological polar surface area (TPSA) is 0 Å². The number of thioether (sulfide) groups is 1. The van der Waals surface area contributed by atoms with Crippen molar-refractivity contribution in [3.63, 3.8) is 0 Å². The van der Waals surface area contributed by atoms with E-state index >= 15 is 0 Å². The first-order valence-electron chi connectivity index (χ1n) is 6.48. The summed E-state index contributed by atoms with van der Waals surface area (Å²) >= 11 is 9.63. The Balaban J connectivity index is 2.43. The molecule has 0 nitrogen and oxygen atoms in total. The Morgan fingerprint density at radius 3 is 2.31 bits per heavy atom. The van der Waals surface area contributed by atoms with E-state index in [2.05, 4.69) is 50.5 Å². The molecule has 0 heterocycles. The van der Waals surface area contributed by atoms with Crippen LogP contribution in [0.4, 0.5) is 0 Å². The van der Waals surface area contributed by atoms with Crippen molar-refractivity contribution >= 4 is 43.6 Å². The Hall–Kier alpha value is 1.31. The second-order valence-electron chi connectivity index (χ2n) is 4.91. The fourth-order valence-electron chi connectivity index (χ4n) is 2.80. The van der Waals surface area contributed by atoms with E-state index in [0.717, 1.165) is 5.92 Å². The molecule has 0 aromatic carbocycles. The normalized spacial score (nSPS) is 18.2. The molecule has 0 bridgehead atoms. The van der Waals surface area contributed by atoms with E-state index in [-0.39, 0.29) is 0 Å². The first-order chi connectivity index (χ1) is 7.79. The Morgan fingerprint density at radius 1 is 1.19 bits per heavy atom. The monoisotopic (exact) mass is 370 g/mol. The lowest BCUT2D eigenvalue weighted by atomic mass is 9.74. The second-order valence-corrected chi connectivity index (χ2v) is 7.43. The lowest BCUT2D eigenvalue weighted by Gasteiger charge is -2.36. The van der Waals surface area contributed by atoms with Gasteiger partial charge in [0.15, 0.2) is 0 Å². The molecular weight excluding hydrogens is 348 g/mol. The number of rotatable bonds is 8. The fourth-order valence-corrected chi connectivity index (χ4v) is 5.84. The molecule has 16 heavy (non-hydrogen) atoms. The van der Waals surface area contributed by atoms with Crippen molar-refractivity contribution in [2.75, 3.05) is 22.2 Å². The van der Waals surface area contributed by atoms with Crippen LogP contribution in [0.2, 0.25) is 0 Å². The lowest BCUT2D eigenvalue weighted by molar-refractivity contribution is 0.215. The predicted octanol–water partition coefficient (Wildman–Crippen LogP) is 5.49. The molecule has 0 spiro atoms. The first kappa shape index (κ1) is 15.4. The van der Waals surface area contributed by atoms with Crippen LogP contribution in [-0.2, 0) is 0 Å². The summed E-state index contributed by atoms with van der Waals surface area (Å²) in [7, 11) is 0. The van der Waals surface area contributed by atoms with E-state index in [1.54, 1.807) is 0 Å². The highest BCUT2D eigenvalue weighted by Crippen LogP contribution is 2.45. The van der Waals surface area contributed by atoms with Crippen molar-refractivity contribution in [2.45, 2.75) is 45.4 Å². The number of alkyl halides is 2. The van der Waals surface area contributed by atoms with Crippen LogP contribution in [0.15, 0.2) is 0 Å². The van der Waals surface area contributed by atoms with Crippen LogP contribution in [0.5, 0.6) is 0 Å². The molecule has 0 atom stereocenters. The predicted molar refractivity (Wildman–Crippen MR) is 84.2 cm³/mol. The van der Waals surface area contributed by atoms with E-state index in [1.807, 2.05) is 0 Å². The molecule has 1 aliphatic carbocycles. The van der Waals surface area contributed by atoms with Crippen LogP contribution < -0.4 is 0 Å². The molecule has 0 amide bonds. The van der Waals surface area contributed by atoms with Crippen LogP contribution in [0.25, 0.3) is 0 Å². The van der Waals surface area contributed by atoms with Crippen LogP contribution in [0, 0.1) is 11.3 Å². The fraction of sp³-hybridized carbons (Fsp3) is 1.00. The zero-order valence-corrected chi connectivity index (χ0v) is 14.3. The zero-order chi connectivity index (χ0) is 11.9. The Morgan fingerprint density at radius 2 is 1.81 bits per heavy atom. The minimum Gasteiger partial charge on any atom is -0.162 e. The van der Waals surface area contributed by atoms with E-state index in [1.165, 1.54) is 60.7 Å². The SMILES string of the molecule is CCSCCCC(CBr)(CBr)C1CCCC1. The van der Waals surface area contributed by atoms with Gasteiger partial charge in [-0.1, -0.05) is 51.6 Å². The van der Waals surface area contributed by atoms with Crippen molar-refractivity contribution in [3.05, 3.63) is 0 Å². The van der Waals surface area contributed by atoms with Gasteiger partial charge in [-0.2, -0.15) is 11.8 Å². The first-order valence-corrected chi connectivity index (χ1v) is 9.88. The number of hydrogen-bond donors (Lipinski definition) is 0. The highest BCUT2D eigenvalue weighted by molar-refractivity contribution is 9.09. The molecule has 1 fully saturated rings. The third-order valence-corrected chi connectivity index (χ3v) is 7.14. The minimum absolute atomic E-state index is 0.533. The summed E-state index contributed by atoms with van der Waals surface area (Å²) in [6, 6.07) is 0. The van der Waals surface area contributed by atoms with Crippen LogP contribution in [0.3, 0.4) is 0 Å². The minimum atomic E-state index is 0.533. The van der Waals surface area contributed by atoms with Gasteiger partial charge in [0.05, 0.1) is 0 Å². The van der Waals surface area contributed by atoms with Gasteiger partial charge in [0.2, 0.25) is 0 Å². The summed E-state index contributed by atoms with van der Waals surface area (Å²) in [5.74, 6) is 3.56. The van der Waals surface area contributed by atoms with E-state index in [9.17, 15) is 0 Å². The van der Waals surface area contributed by atoms with E-state index < -0.39 is 0 Å². The van der Waals surface area contributed by atoms with Crippen LogP contribution in [-0.4, -0.2) is 22.2 Å². The average Bonchev–Trinajstić information content (AvgIpc) is 2.84. The van der Waals surface area contributed by atoms with Gasteiger partial charge in [-0.15, -0.1) is 0 Å². The van der Waals surface area contributed by atoms with Gasteiger partial charge < -0.3 is 0 Å². The molecular formula is C13H24Br2S. The van der Waals surface area contributed by atoms with E-state index in [4.69, 9.17) is 0 Å². The molecule has 3 heteroatoms. The van der Waals surface area contributed by atoms with Gasteiger partial charge in [0, 0.05) is 10.7 Å². The van der Waals surface area contributed by atoms with Gasteiger partial charge in [-0.25, -0.2) is 0 Å². The molecule has 96 valence electrons. The summed E-state index contributed by atoms with van der Waals surface area (Å²) in [6.45, 7) is 2.25. The lowest BCUT2D eigenvalue weighted by Crippen LogP contribution is -2.33. The van der Waals surface area contributed by atoms with Crippen molar-refractivity contribution in [1.29, 1.82) is 0 Å². The zero-order valence-electron chi connectivity index (χ0n) is 10.3. The summed E-state index contributed by atoms with van der Waals surface area (Å²) in [6.07, 6.45) is 8.59. The number of hydrogen-bond acceptors (Lipinski definition) is 1. The van der Waals surface area contributed by atoms with Gasteiger partial charge in [0.1, 0.15) is 0 Å². The smallest absolute Gasteiger partial charge is 0.00986 e. The Kier molecular flexibility index (Phi) is 8.09. The van der Waals surface area contributed by atoms with Crippen molar-refractivity contribution in [2.24, 2.45) is 11.3 Å². The summed E-state index contributed by atoms with van der Waals surface area (Å²) in [5.41, 5.74) is 0.533. The maximum Gasteiger partial charge on any atom is 0.00986 e. The molecule has 0 radical (unpaired) electrons. The van der Waals surface area contributed by atoms with E-state index in [0.29, 0.717) is 5.41 Å². The Bertz CT molecular complexity index is 175. The van der Waals surface area contributed by atoms with Gasteiger partial charge in [-0.3, -0.25) is 0 Å². The van der Waals surface area contributed by atoms with Gasteiger partial charge in [-0.05, 0) is 48.5 Å². The van der Waals surface area contributed by atoms with Gasteiger partial charge >= 0.3 is 0 Å². The van der Waals surface area contributed by atoms with Crippen LogP contribution >= 0.6 is 43.6 Å². The molecule has 0 saturated heterocycles. The molecule has 1 saturated carbocycles. The van der Waals surface area contributed by atoms with Crippen LogP contribution in [0.1, 0.15) is 45.4 Å². The van der Waals surface area contributed by atoms with Crippen molar-refractivity contribution < 1.29 is 0 Å². The Labute approximate surface area is 122 Å². The molecule has 0 N–H and O–H groups in total. The third-order valence-electron chi connectivity index (χ3n) is 3.92. The molecule has 0 aliphatic heterocycles. The molecule has 0 aromatic heterocycles. The summed E-state index contributed by atoms with van der Waals surface area (Å²) < 4.78 is 0. The van der Waals surface area contributed by atoms with Gasteiger partial charge in [0.25, 0.3) is 0 Å². The number of halogens is 2.